The average molecular weight is 240 g/mol. The van der Waals surface area contributed by atoms with E-state index >= 15 is 0 Å². The molecule has 0 radical (unpaired) electrons. The highest BCUT2D eigenvalue weighted by Gasteiger charge is 2.57. The molecule has 4 heteroatoms. The SMILES string of the molecule is C1COC2(CC[C@@H]3C[C@H]2CCC32OCCO2)O1. The van der Waals surface area contributed by atoms with Crippen molar-refractivity contribution in [2.75, 3.05) is 26.4 Å². The van der Waals surface area contributed by atoms with Crippen LogP contribution in [0.2, 0.25) is 0 Å². The van der Waals surface area contributed by atoms with Crippen molar-refractivity contribution in [1.82, 2.24) is 0 Å². The maximum absolute atomic E-state index is 5.91. The Labute approximate surface area is 102 Å². The van der Waals surface area contributed by atoms with Gasteiger partial charge >= 0.3 is 0 Å². The molecule has 2 saturated carbocycles. The molecule has 0 aromatic heterocycles. The van der Waals surface area contributed by atoms with Gasteiger partial charge in [0.1, 0.15) is 0 Å². The van der Waals surface area contributed by atoms with E-state index in [4.69, 9.17) is 18.9 Å². The van der Waals surface area contributed by atoms with Gasteiger partial charge in [-0.15, -0.1) is 0 Å². The minimum absolute atomic E-state index is 0.253. The Hall–Kier alpha value is -0.160. The maximum Gasteiger partial charge on any atom is 0.171 e. The summed E-state index contributed by atoms with van der Waals surface area (Å²) in [6, 6.07) is 0. The molecule has 4 aliphatic rings. The molecule has 2 aliphatic carbocycles. The lowest BCUT2D eigenvalue weighted by Gasteiger charge is -2.51. The smallest absolute Gasteiger partial charge is 0.171 e. The minimum atomic E-state index is -0.253. The van der Waals surface area contributed by atoms with E-state index in [0.29, 0.717) is 11.8 Å². The van der Waals surface area contributed by atoms with E-state index in [9.17, 15) is 0 Å². The van der Waals surface area contributed by atoms with Crippen molar-refractivity contribution in [1.29, 1.82) is 0 Å². The largest absolute Gasteiger partial charge is 0.347 e. The monoisotopic (exact) mass is 240 g/mol. The van der Waals surface area contributed by atoms with Crippen molar-refractivity contribution in [3.8, 4) is 0 Å². The molecule has 0 aromatic rings. The molecule has 2 heterocycles. The Morgan fingerprint density at radius 1 is 0.647 bits per heavy atom. The Kier molecular flexibility index (Phi) is 2.32. The van der Waals surface area contributed by atoms with Crippen molar-refractivity contribution in [3.63, 3.8) is 0 Å². The lowest BCUT2D eigenvalue weighted by atomic mass is 9.66. The summed E-state index contributed by atoms with van der Waals surface area (Å²) in [4.78, 5) is 0. The summed E-state index contributed by atoms with van der Waals surface area (Å²) in [7, 11) is 0. The number of ether oxygens (including phenoxy) is 4. The van der Waals surface area contributed by atoms with Gasteiger partial charge in [0.25, 0.3) is 0 Å². The second kappa shape index (κ2) is 3.67. The van der Waals surface area contributed by atoms with Crippen LogP contribution in [0.25, 0.3) is 0 Å². The number of fused-ring (bicyclic) bond motifs is 4. The second-order valence-electron chi connectivity index (χ2n) is 5.72. The molecule has 2 saturated heterocycles. The van der Waals surface area contributed by atoms with Crippen LogP contribution in [-0.2, 0) is 18.9 Å². The normalized spacial score (nSPS) is 42.4. The van der Waals surface area contributed by atoms with Gasteiger partial charge in [-0.3, -0.25) is 0 Å². The Bertz CT molecular complexity index is 275. The predicted molar refractivity (Wildman–Crippen MR) is 59.3 cm³/mol. The molecular weight excluding hydrogens is 220 g/mol. The van der Waals surface area contributed by atoms with Gasteiger partial charge in [-0.1, -0.05) is 0 Å². The molecular formula is C13H20O4. The first-order chi connectivity index (χ1) is 8.33. The third kappa shape index (κ3) is 1.44. The van der Waals surface area contributed by atoms with Crippen LogP contribution in [0.15, 0.2) is 0 Å². The van der Waals surface area contributed by atoms with Gasteiger partial charge in [0, 0.05) is 24.7 Å². The first kappa shape index (κ1) is 10.7. The quantitative estimate of drug-likeness (QED) is 0.645. The Morgan fingerprint density at radius 2 is 1.06 bits per heavy atom. The summed E-state index contributed by atoms with van der Waals surface area (Å²) in [6.07, 6.45) is 5.38. The fourth-order valence-electron chi connectivity index (χ4n) is 4.24. The fraction of sp³-hybridized carbons (Fsp3) is 1.00. The van der Waals surface area contributed by atoms with Gasteiger partial charge in [0.15, 0.2) is 11.6 Å². The average Bonchev–Trinajstić information content (AvgIpc) is 2.99. The molecule has 2 spiro atoms. The zero-order valence-corrected chi connectivity index (χ0v) is 10.2. The molecule has 2 atom stereocenters. The minimum Gasteiger partial charge on any atom is -0.347 e. The summed E-state index contributed by atoms with van der Waals surface area (Å²) < 4.78 is 23.7. The summed E-state index contributed by atoms with van der Waals surface area (Å²) in [5.41, 5.74) is 0. The molecule has 17 heavy (non-hydrogen) atoms. The maximum atomic E-state index is 5.91. The molecule has 2 bridgehead atoms. The lowest BCUT2D eigenvalue weighted by Crippen LogP contribution is -2.54. The van der Waals surface area contributed by atoms with E-state index in [2.05, 4.69) is 0 Å². The lowest BCUT2D eigenvalue weighted by molar-refractivity contribution is -0.285. The molecule has 96 valence electrons. The van der Waals surface area contributed by atoms with E-state index in [1.165, 1.54) is 0 Å². The van der Waals surface area contributed by atoms with Gasteiger partial charge in [-0.25, -0.2) is 0 Å². The second-order valence-corrected chi connectivity index (χ2v) is 5.72. The van der Waals surface area contributed by atoms with Crippen LogP contribution in [0.1, 0.15) is 32.1 Å². The molecule has 4 rings (SSSR count). The van der Waals surface area contributed by atoms with Crippen LogP contribution in [0.4, 0.5) is 0 Å². The summed E-state index contributed by atoms with van der Waals surface area (Å²) in [5, 5.41) is 0. The van der Waals surface area contributed by atoms with Crippen LogP contribution < -0.4 is 0 Å². The molecule has 4 nitrogen and oxygen atoms in total. The third-order valence-electron chi connectivity index (χ3n) is 5.05. The van der Waals surface area contributed by atoms with Gasteiger partial charge in [0.2, 0.25) is 0 Å². The van der Waals surface area contributed by atoms with Crippen molar-refractivity contribution in [3.05, 3.63) is 0 Å². The van der Waals surface area contributed by atoms with Gasteiger partial charge < -0.3 is 18.9 Å². The van der Waals surface area contributed by atoms with Crippen molar-refractivity contribution in [2.24, 2.45) is 11.8 Å². The van der Waals surface area contributed by atoms with E-state index in [1.54, 1.807) is 0 Å². The number of hydrogen-bond donors (Lipinski definition) is 0. The number of rotatable bonds is 0. The zero-order valence-electron chi connectivity index (χ0n) is 10.2. The molecule has 0 amide bonds. The van der Waals surface area contributed by atoms with Crippen molar-refractivity contribution in [2.45, 2.75) is 43.7 Å². The van der Waals surface area contributed by atoms with E-state index < -0.39 is 0 Å². The van der Waals surface area contributed by atoms with Crippen LogP contribution in [0, 0.1) is 11.8 Å². The van der Waals surface area contributed by atoms with E-state index in [-0.39, 0.29) is 11.6 Å². The molecule has 4 fully saturated rings. The molecule has 2 aliphatic heterocycles. The fourth-order valence-corrected chi connectivity index (χ4v) is 4.24. The predicted octanol–water partition coefficient (Wildman–Crippen LogP) is 1.68. The summed E-state index contributed by atoms with van der Waals surface area (Å²) in [5.74, 6) is 0.581. The third-order valence-corrected chi connectivity index (χ3v) is 5.05. The molecule has 0 unspecified atom stereocenters. The van der Waals surface area contributed by atoms with Crippen LogP contribution >= 0.6 is 0 Å². The molecule has 0 aromatic carbocycles. The number of hydrogen-bond acceptors (Lipinski definition) is 4. The highest BCUT2D eigenvalue weighted by Crippen LogP contribution is 2.54. The van der Waals surface area contributed by atoms with Crippen molar-refractivity contribution < 1.29 is 18.9 Å². The van der Waals surface area contributed by atoms with E-state index in [1.807, 2.05) is 0 Å². The summed E-state index contributed by atoms with van der Waals surface area (Å²) >= 11 is 0. The standard InChI is InChI=1S/C13H20O4/c1-3-12(14-5-6-15-12)11-2-4-13(10(1)9-11)16-7-8-17-13/h10-11H,1-9H2/t10-,11-/m1/s1. The first-order valence-electron chi connectivity index (χ1n) is 6.89. The van der Waals surface area contributed by atoms with Crippen LogP contribution in [0.3, 0.4) is 0 Å². The van der Waals surface area contributed by atoms with Crippen LogP contribution in [-0.4, -0.2) is 38.0 Å². The Morgan fingerprint density at radius 3 is 1.47 bits per heavy atom. The highest BCUT2D eigenvalue weighted by atomic mass is 16.7. The first-order valence-corrected chi connectivity index (χ1v) is 6.89. The highest BCUT2D eigenvalue weighted by molar-refractivity contribution is 5.00. The zero-order chi connectivity index (χ0) is 11.3. The van der Waals surface area contributed by atoms with Gasteiger partial charge in [0.05, 0.1) is 26.4 Å². The topological polar surface area (TPSA) is 36.9 Å². The van der Waals surface area contributed by atoms with Gasteiger partial charge in [-0.2, -0.15) is 0 Å². The van der Waals surface area contributed by atoms with E-state index in [0.717, 1.165) is 58.5 Å². The molecule has 0 N–H and O–H groups in total. The summed E-state index contributed by atoms with van der Waals surface area (Å²) in [6.45, 7) is 3.05. The van der Waals surface area contributed by atoms with Crippen molar-refractivity contribution >= 4 is 0 Å². The van der Waals surface area contributed by atoms with Crippen LogP contribution in [0.5, 0.6) is 0 Å². The van der Waals surface area contributed by atoms with Gasteiger partial charge in [-0.05, 0) is 19.3 Å². The Balaban J connectivity index is 1.56.